The van der Waals surface area contributed by atoms with Crippen LogP contribution >= 0.6 is 0 Å². The summed E-state index contributed by atoms with van der Waals surface area (Å²) in [6.45, 7) is 5.04. The van der Waals surface area contributed by atoms with E-state index in [0.717, 1.165) is 25.8 Å². The number of unbranched alkanes of at least 4 members (excludes halogenated alkanes) is 2. The van der Waals surface area contributed by atoms with Crippen molar-refractivity contribution in [3.8, 4) is 0 Å². The van der Waals surface area contributed by atoms with E-state index < -0.39 is 12.2 Å². The Morgan fingerprint density at radius 1 is 1.17 bits per heavy atom. The summed E-state index contributed by atoms with van der Waals surface area (Å²) in [4.78, 5) is 24.9. The van der Waals surface area contributed by atoms with Crippen molar-refractivity contribution in [3.63, 3.8) is 0 Å². The van der Waals surface area contributed by atoms with Crippen molar-refractivity contribution >= 4 is 11.9 Å². The number of ether oxygens (including phenoxy) is 2. The van der Waals surface area contributed by atoms with E-state index in [1.54, 1.807) is 12.2 Å². The Kier molecular flexibility index (Phi) is 13.2. The molecule has 0 heterocycles. The normalized spacial score (nSPS) is 13.9. The fraction of sp³-hybridized carbons (Fsp3) is 0.778. The summed E-state index contributed by atoms with van der Waals surface area (Å²) < 4.78 is 10.0. The average molecular weight is 343 g/mol. The minimum Gasteiger partial charge on any atom is -0.469 e. The molecule has 0 aromatic rings. The molecule has 0 aliphatic heterocycles. The smallest absolute Gasteiger partial charge is 0.320 e. The van der Waals surface area contributed by atoms with E-state index in [4.69, 9.17) is 4.74 Å². The summed E-state index contributed by atoms with van der Waals surface area (Å²) in [5, 5.41) is 10.3. The lowest BCUT2D eigenvalue weighted by atomic mass is 10.0. The van der Waals surface area contributed by atoms with E-state index >= 15 is 0 Å². The van der Waals surface area contributed by atoms with Gasteiger partial charge in [-0.3, -0.25) is 14.5 Å². The first-order valence-electron chi connectivity index (χ1n) is 8.72. The van der Waals surface area contributed by atoms with Gasteiger partial charge < -0.3 is 14.6 Å². The molecule has 0 aromatic carbocycles. The molecule has 2 unspecified atom stereocenters. The maximum absolute atomic E-state index is 12.0. The number of hydrogen-bond donors (Lipinski definition) is 1. The molecule has 0 aliphatic carbocycles. The number of carbonyl (C=O) groups is 2. The van der Waals surface area contributed by atoms with Crippen molar-refractivity contribution in [2.45, 2.75) is 64.6 Å². The van der Waals surface area contributed by atoms with Crippen molar-refractivity contribution in [1.29, 1.82) is 0 Å². The van der Waals surface area contributed by atoms with Gasteiger partial charge in [0.2, 0.25) is 0 Å². The van der Waals surface area contributed by atoms with Gasteiger partial charge in [0.25, 0.3) is 0 Å². The zero-order valence-electron chi connectivity index (χ0n) is 15.5. The molecular weight excluding hydrogens is 310 g/mol. The molecule has 0 saturated heterocycles. The van der Waals surface area contributed by atoms with E-state index in [2.05, 4.69) is 11.7 Å². The quantitative estimate of drug-likeness (QED) is 0.314. The predicted octanol–water partition coefficient (Wildman–Crippen LogP) is 2.30. The Morgan fingerprint density at radius 2 is 1.88 bits per heavy atom. The SMILES string of the molecule is CCCCCC(OC(=O)CN(C)CC)C(O)C/C=C/CC(=O)OC. The second-order valence-corrected chi connectivity index (χ2v) is 5.91. The molecule has 0 radical (unpaired) electrons. The van der Waals surface area contributed by atoms with Crippen molar-refractivity contribution in [2.75, 3.05) is 27.2 Å². The van der Waals surface area contributed by atoms with Crippen LogP contribution in [0.5, 0.6) is 0 Å². The van der Waals surface area contributed by atoms with Crippen LogP contribution < -0.4 is 0 Å². The Labute approximate surface area is 145 Å². The van der Waals surface area contributed by atoms with E-state index in [9.17, 15) is 14.7 Å². The zero-order valence-corrected chi connectivity index (χ0v) is 15.5. The van der Waals surface area contributed by atoms with Gasteiger partial charge in [-0.2, -0.15) is 0 Å². The third-order valence-electron chi connectivity index (χ3n) is 3.80. The first kappa shape index (κ1) is 22.6. The van der Waals surface area contributed by atoms with Gasteiger partial charge in [0.05, 0.1) is 26.2 Å². The van der Waals surface area contributed by atoms with Crippen molar-refractivity contribution in [1.82, 2.24) is 4.90 Å². The number of rotatable bonds is 13. The first-order valence-corrected chi connectivity index (χ1v) is 8.72. The molecule has 1 N–H and O–H groups in total. The van der Waals surface area contributed by atoms with Gasteiger partial charge in [0, 0.05) is 0 Å². The lowest BCUT2D eigenvalue weighted by Crippen LogP contribution is -2.35. The Bertz CT molecular complexity index is 384. The number of esters is 2. The molecule has 0 fully saturated rings. The Morgan fingerprint density at radius 3 is 2.46 bits per heavy atom. The molecule has 0 spiro atoms. The van der Waals surface area contributed by atoms with Gasteiger partial charge in [0.15, 0.2) is 0 Å². The fourth-order valence-electron chi connectivity index (χ4n) is 2.11. The summed E-state index contributed by atoms with van der Waals surface area (Å²) in [5.74, 6) is -0.646. The number of nitrogens with zero attached hydrogens (tertiary/aromatic N) is 1. The number of aliphatic hydroxyl groups excluding tert-OH is 1. The highest BCUT2D eigenvalue weighted by molar-refractivity contribution is 5.72. The molecule has 0 saturated carbocycles. The number of carbonyl (C=O) groups excluding carboxylic acids is 2. The van der Waals surface area contributed by atoms with Crippen LogP contribution in [0.25, 0.3) is 0 Å². The highest BCUT2D eigenvalue weighted by Crippen LogP contribution is 2.14. The average Bonchev–Trinajstić information content (AvgIpc) is 2.57. The maximum Gasteiger partial charge on any atom is 0.320 e. The molecule has 24 heavy (non-hydrogen) atoms. The predicted molar refractivity (Wildman–Crippen MR) is 93.6 cm³/mol. The standard InChI is InChI=1S/C18H33NO5/c1-5-7-8-12-16(24-18(22)14-19(3)6-2)15(20)11-9-10-13-17(21)23-4/h9-10,15-16,20H,5-8,11-14H2,1-4H3/b10-9+. The summed E-state index contributed by atoms with van der Waals surface area (Å²) >= 11 is 0. The van der Waals surface area contributed by atoms with Crippen LogP contribution in [0.4, 0.5) is 0 Å². The molecule has 0 rings (SSSR count). The fourth-order valence-corrected chi connectivity index (χ4v) is 2.11. The molecule has 0 aromatic heterocycles. The molecule has 6 heteroatoms. The van der Waals surface area contributed by atoms with Crippen LogP contribution in [-0.4, -0.2) is 61.4 Å². The van der Waals surface area contributed by atoms with Crippen LogP contribution in [0.2, 0.25) is 0 Å². The second-order valence-electron chi connectivity index (χ2n) is 5.91. The molecular formula is C18H33NO5. The minimum absolute atomic E-state index is 0.171. The lowest BCUT2D eigenvalue weighted by molar-refractivity contribution is -0.156. The largest absolute Gasteiger partial charge is 0.469 e. The Balaban J connectivity index is 4.49. The van der Waals surface area contributed by atoms with Gasteiger partial charge in [-0.1, -0.05) is 38.8 Å². The van der Waals surface area contributed by atoms with Crippen molar-refractivity contribution in [2.24, 2.45) is 0 Å². The number of likely N-dealkylation sites (N-methyl/N-ethyl adjacent to an activating group) is 1. The van der Waals surface area contributed by atoms with E-state index in [-0.39, 0.29) is 24.9 Å². The van der Waals surface area contributed by atoms with Crippen molar-refractivity contribution < 1.29 is 24.2 Å². The molecule has 2 atom stereocenters. The lowest BCUT2D eigenvalue weighted by Gasteiger charge is -2.24. The van der Waals surface area contributed by atoms with Gasteiger partial charge >= 0.3 is 11.9 Å². The maximum atomic E-state index is 12.0. The van der Waals surface area contributed by atoms with Crippen LogP contribution in [-0.2, 0) is 19.1 Å². The van der Waals surface area contributed by atoms with Gasteiger partial charge in [-0.05, 0) is 32.9 Å². The van der Waals surface area contributed by atoms with Gasteiger partial charge in [0.1, 0.15) is 6.10 Å². The third kappa shape index (κ3) is 11.2. The highest BCUT2D eigenvalue weighted by Gasteiger charge is 2.22. The number of hydrogen-bond acceptors (Lipinski definition) is 6. The van der Waals surface area contributed by atoms with Gasteiger partial charge in [-0.15, -0.1) is 0 Å². The van der Waals surface area contributed by atoms with Crippen LogP contribution in [0.3, 0.4) is 0 Å². The number of methoxy groups -OCH3 is 1. The van der Waals surface area contributed by atoms with Crippen LogP contribution in [0, 0.1) is 0 Å². The molecule has 0 amide bonds. The van der Waals surface area contributed by atoms with Crippen molar-refractivity contribution in [3.05, 3.63) is 12.2 Å². The summed E-state index contributed by atoms with van der Waals surface area (Å²) in [6.07, 6.45) is 6.24. The topological polar surface area (TPSA) is 76.1 Å². The monoisotopic (exact) mass is 343 g/mol. The van der Waals surface area contributed by atoms with E-state index in [1.807, 2.05) is 18.9 Å². The first-order chi connectivity index (χ1) is 11.4. The minimum atomic E-state index is -0.772. The highest BCUT2D eigenvalue weighted by atomic mass is 16.6. The van der Waals surface area contributed by atoms with Crippen LogP contribution in [0.1, 0.15) is 52.4 Å². The number of aliphatic hydroxyl groups is 1. The van der Waals surface area contributed by atoms with E-state index in [0.29, 0.717) is 12.8 Å². The van der Waals surface area contributed by atoms with Gasteiger partial charge in [-0.25, -0.2) is 0 Å². The molecule has 0 aliphatic rings. The molecule has 0 bridgehead atoms. The summed E-state index contributed by atoms with van der Waals surface area (Å²) in [6, 6.07) is 0. The zero-order chi connectivity index (χ0) is 18.4. The molecule has 6 nitrogen and oxygen atoms in total. The Hall–Kier alpha value is -1.40. The van der Waals surface area contributed by atoms with Crippen LogP contribution in [0.15, 0.2) is 12.2 Å². The third-order valence-corrected chi connectivity index (χ3v) is 3.80. The second kappa shape index (κ2) is 14.0. The summed E-state index contributed by atoms with van der Waals surface area (Å²) in [5.41, 5.74) is 0. The molecule has 140 valence electrons. The summed E-state index contributed by atoms with van der Waals surface area (Å²) in [7, 11) is 3.18. The van der Waals surface area contributed by atoms with E-state index in [1.165, 1.54) is 7.11 Å².